The molecule has 0 spiro atoms. The Bertz CT molecular complexity index is 508. The van der Waals surface area contributed by atoms with Crippen molar-refractivity contribution in [2.75, 3.05) is 13.1 Å². The van der Waals surface area contributed by atoms with Gasteiger partial charge in [-0.2, -0.15) is 0 Å². The minimum atomic E-state index is 0.352. The number of hydrogen-bond donors (Lipinski definition) is 1. The van der Waals surface area contributed by atoms with Crippen LogP contribution in [0.25, 0.3) is 5.70 Å². The van der Waals surface area contributed by atoms with Gasteiger partial charge in [0.1, 0.15) is 5.75 Å². The first-order chi connectivity index (χ1) is 7.75. The van der Waals surface area contributed by atoms with Gasteiger partial charge in [0.15, 0.2) is 5.17 Å². The van der Waals surface area contributed by atoms with Crippen LogP contribution in [0.15, 0.2) is 28.6 Å². The summed E-state index contributed by atoms with van der Waals surface area (Å²) in [6, 6.07) is 5.72. The predicted octanol–water partition coefficient (Wildman–Crippen LogP) is 2.42. The molecule has 0 bridgehead atoms. The molecule has 1 N–H and O–H groups in total. The maximum absolute atomic E-state index is 9.51. The van der Waals surface area contributed by atoms with Crippen molar-refractivity contribution in [3.63, 3.8) is 0 Å². The zero-order valence-electron chi connectivity index (χ0n) is 8.97. The summed E-state index contributed by atoms with van der Waals surface area (Å²) in [5, 5.41) is 12.7. The Morgan fingerprint density at radius 3 is 3.12 bits per heavy atom. The van der Waals surface area contributed by atoms with Gasteiger partial charge in [-0.1, -0.05) is 11.8 Å². The summed E-state index contributed by atoms with van der Waals surface area (Å²) in [5.41, 5.74) is 3.26. The number of aryl methyl sites for hydroxylation is 1. The third-order valence-electron chi connectivity index (χ3n) is 2.86. The van der Waals surface area contributed by atoms with Crippen molar-refractivity contribution in [2.24, 2.45) is 4.99 Å². The molecule has 82 valence electrons. The number of nitrogens with zero attached hydrogens (tertiary/aromatic N) is 2. The van der Waals surface area contributed by atoms with Gasteiger partial charge in [-0.15, -0.1) is 0 Å². The molecule has 4 heteroatoms. The van der Waals surface area contributed by atoms with Crippen molar-refractivity contribution in [1.82, 2.24) is 4.90 Å². The third-order valence-corrected chi connectivity index (χ3v) is 3.76. The van der Waals surface area contributed by atoms with Crippen LogP contribution in [0.3, 0.4) is 0 Å². The van der Waals surface area contributed by atoms with E-state index < -0.39 is 0 Å². The van der Waals surface area contributed by atoms with E-state index in [1.54, 1.807) is 17.8 Å². The summed E-state index contributed by atoms with van der Waals surface area (Å²) in [7, 11) is 0. The minimum Gasteiger partial charge on any atom is -0.508 e. The summed E-state index contributed by atoms with van der Waals surface area (Å²) >= 11 is 1.68. The topological polar surface area (TPSA) is 35.8 Å². The largest absolute Gasteiger partial charge is 0.508 e. The number of amidine groups is 1. The molecule has 0 unspecified atom stereocenters. The molecule has 0 fully saturated rings. The molecule has 0 aromatic heterocycles. The van der Waals surface area contributed by atoms with Crippen LogP contribution in [0.5, 0.6) is 5.75 Å². The van der Waals surface area contributed by atoms with Crippen molar-refractivity contribution in [3.8, 4) is 5.75 Å². The van der Waals surface area contributed by atoms with E-state index in [9.17, 15) is 5.11 Å². The van der Waals surface area contributed by atoms with E-state index in [-0.39, 0.29) is 0 Å². The molecule has 2 aliphatic rings. The molecular weight excluding hydrogens is 220 g/mol. The zero-order valence-corrected chi connectivity index (χ0v) is 9.79. The first kappa shape index (κ1) is 9.78. The van der Waals surface area contributed by atoms with E-state index in [1.807, 2.05) is 19.1 Å². The van der Waals surface area contributed by atoms with Crippen LogP contribution < -0.4 is 0 Å². The fourth-order valence-electron chi connectivity index (χ4n) is 1.96. The van der Waals surface area contributed by atoms with Gasteiger partial charge in [-0.05, 0) is 36.2 Å². The van der Waals surface area contributed by atoms with Crippen LogP contribution >= 0.6 is 11.8 Å². The molecule has 1 aromatic rings. The van der Waals surface area contributed by atoms with Crippen LogP contribution in [0.4, 0.5) is 0 Å². The number of fused-ring (bicyclic) bond motifs is 1. The lowest BCUT2D eigenvalue weighted by Crippen LogP contribution is -2.19. The van der Waals surface area contributed by atoms with Gasteiger partial charge in [0.05, 0.1) is 12.2 Å². The third kappa shape index (κ3) is 1.41. The maximum Gasteiger partial charge on any atom is 0.168 e. The lowest BCUT2D eigenvalue weighted by Gasteiger charge is -2.17. The number of benzene rings is 1. The lowest BCUT2D eigenvalue weighted by molar-refractivity contribution is 0.471. The number of hydrogen-bond acceptors (Lipinski definition) is 4. The number of aliphatic imine (C=N–C) groups is 1. The highest BCUT2D eigenvalue weighted by Gasteiger charge is 2.27. The van der Waals surface area contributed by atoms with E-state index >= 15 is 0 Å². The van der Waals surface area contributed by atoms with Gasteiger partial charge < -0.3 is 10.0 Å². The Hall–Kier alpha value is -1.42. The fourth-order valence-corrected chi connectivity index (χ4v) is 2.92. The van der Waals surface area contributed by atoms with E-state index in [2.05, 4.69) is 15.3 Å². The quantitative estimate of drug-likeness (QED) is 0.807. The highest BCUT2D eigenvalue weighted by molar-refractivity contribution is 8.16. The molecule has 0 aliphatic carbocycles. The van der Waals surface area contributed by atoms with Crippen LogP contribution in [0.2, 0.25) is 0 Å². The van der Waals surface area contributed by atoms with Gasteiger partial charge in [-0.3, -0.25) is 4.99 Å². The van der Waals surface area contributed by atoms with Gasteiger partial charge in [0.25, 0.3) is 0 Å². The molecule has 2 aliphatic heterocycles. The molecule has 0 saturated heterocycles. The van der Waals surface area contributed by atoms with Gasteiger partial charge in [0.2, 0.25) is 0 Å². The lowest BCUT2D eigenvalue weighted by atomic mass is 10.1. The smallest absolute Gasteiger partial charge is 0.168 e. The van der Waals surface area contributed by atoms with Crippen molar-refractivity contribution >= 4 is 22.6 Å². The number of phenolic OH excluding ortho intramolecular Hbond substituents is 1. The van der Waals surface area contributed by atoms with Gasteiger partial charge in [0, 0.05) is 12.0 Å². The first-order valence-corrected chi connectivity index (χ1v) is 6.12. The SMILES string of the molecule is Cc1cc(C2=CSC3=NCCN23)ccc1O. The normalized spacial score (nSPS) is 18.4. The molecule has 0 atom stereocenters. The Kier molecular flexibility index (Phi) is 2.17. The monoisotopic (exact) mass is 232 g/mol. The molecule has 3 rings (SSSR count). The summed E-state index contributed by atoms with van der Waals surface area (Å²) in [4.78, 5) is 6.65. The first-order valence-electron chi connectivity index (χ1n) is 5.24. The molecule has 3 nitrogen and oxygen atoms in total. The van der Waals surface area contributed by atoms with Crippen molar-refractivity contribution in [3.05, 3.63) is 34.7 Å². The standard InChI is InChI=1S/C12H12N2OS/c1-8-6-9(2-3-11(8)15)10-7-16-12-13-4-5-14(10)12/h2-3,6-7,15H,4-5H2,1H3. The molecule has 0 saturated carbocycles. The van der Waals surface area contributed by atoms with E-state index in [0.29, 0.717) is 5.75 Å². The van der Waals surface area contributed by atoms with Crippen LogP contribution in [0.1, 0.15) is 11.1 Å². The van der Waals surface area contributed by atoms with Crippen molar-refractivity contribution < 1.29 is 5.11 Å². The van der Waals surface area contributed by atoms with E-state index in [4.69, 9.17) is 0 Å². The Morgan fingerprint density at radius 1 is 1.44 bits per heavy atom. The second-order valence-corrected chi connectivity index (χ2v) is 4.77. The number of rotatable bonds is 1. The molecule has 2 heterocycles. The van der Waals surface area contributed by atoms with Gasteiger partial charge in [-0.25, -0.2) is 0 Å². The summed E-state index contributed by atoms with van der Waals surface area (Å²) < 4.78 is 0. The Morgan fingerprint density at radius 2 is 2.31 bits per heavy atom. The number of phenols is 1. The molecule has 0 amide bonds. The minimum absolute atomic E-state index is 0.352. The summed E-state index contributed by atoms with van der Waals surface area (Å²) in [5.74, 6) is 0.352. The second-order valence-electron chi connectivity index (χ2n) is 3.94. The second kappa shape index (κ2) is 3.56. The van der Waals surface area contributed by atoms with E-state index in [1.165, 1.54) is 5.70 Å². The number of thioether (sulfide) groups is 1. The average molecular weight is 232 g/mol. The Balaban J connectivity index is 1.99. The maximum atomic E-state index is 9.51. The van der Waals surface area contributed by atoms with Crippen molar-refractivity contribution in [1.29, 1.82) is 0 Å². The highest BCUT2D eigenvalue weighted by atomic mass is 32.2. The molecule has 0 radical (unpaired) electrons. The fraction of sp³-hybridized carbons (Fsp3) is 0.250. The van der Waals surface area contributed by atoms with Crippen LogP contribution in [-0.2, 0) is 0 Å². The molecular formula is C12H12N2OS. The predicted molar refractivity (Wildman–Crippen MR) is 67.4 cm³/mol. The van der Waals surface area contributed by atoms with Crippen LogP contribution in [0, 0.1) is 6.92 Å². The highest BCUT2D eigenvalue weighted by Crippen LogP contribution is 2.36. The Labute approximate surface area is 98.5 Å². The van der Waals surface area contributed by atoms with Crippen molar-refractivity contribution in [2.45, 2.75) is 6.92 Å². The number of aromatic hydroxyl groups is 1. The summed E-state index contributed by atoms with van der Waals surface area (Å²) in [6.45, 7) is 3.77. The van der Waals surface area contributed by atoms with Gasteiger partial charge >= 0.3 is 0 Å². The zero-order chi connectivity index (χ0) is 11.1. The van der Waals surface area contributed by atoms with Crippen LogP contribution in [-0.4, -0.2) is 28.3 Å². The molecule has 16 heavy (non-hydrogen) atoms. The average Bonchev–Trinajstić information content (AvgIpc) is 2.83. The molecule has 1 aromatic carbocycles. The summed E-state index contributed by atoms with van der Waals surface area (Å²) in [6.07, 6.45) is 0. The van der Waals surface area contributed by atoms with E-state index in [0.717, 1.165) is 29.4 Å².